The van der Waals surface area contributed by atoms with Crippen LogP contribution in [0.4, 0.5) is 9.93 Å². The van der Waals surface area contributed by atoms with Crippen LogP contribution in [0.1, 0.15) is 23.3 Å². The van der Waals surface area contributed by atoms with Crippen LogP contribution in [-0.4, -0.2) is 40.6 Å². The van der Waals surface area contributed by atoms with E-state index in [1.807, 2.05) is 6.92 Å². The predicted molar refractivity (Wildman–Crippen MR) is 100 cm³/mol. The van der Waals surface area contributed by atoms with E-state index in [9.17, 15) is 14.4 Å². The Kier molecular flexibility index (Phi) is 4.86. The number of nitrogens with zero attached hydrogens (tertiary/aromatic N) is 2. The number of hydrogen-bond acceptors (Lipinski definition) is 7. The number of nitrogens with one attached hydrogen (secondary N) is 2. The maximum Gasteiger partial charge on any atom is 0.325 e. The molecule has 2 aliphatic rings. The van der Waals surface area contributed by atoms with Crippen LogP contribution in [0.3, 0.4) is 0 Å². The molecule has 0 bridgehead atoms. The van der Waals surface area contributed by atoms with Crippen molar-refractivity contribution in [1.29, 1.82) is 0 Å². The Hall–Kier alpha value is -3.14. The molecule has 28 heavy (non-hydrogen) atoms. The second-order valence-electron chi connectivity index (χ2n) is 6.48. The number of ether oxygens (including phenoxy) is 2. The molecule has 4 rings (SSSR count). The Morgan fingerprint density at radius 2 is 2.18 bits per heavy atom. The van der Waals surface area contributed by atoms with Gasteiger partial charge in [-0.1, -0.05) is 6.07 Å². The maximum atomic E-state index is 12.6. The number of thiazole rings is 1. The summed E-state index contributed by atoms with van der Waals surface area (Å²) in [5, 5.41) is 5.85. The fraction of sp³-hybridized carbons (Fsp3) is 0.333. The predicted octanol–water partition coefficient (Wildman–Crippen LogP) is 2.02. The van der Waals surface area contributed by atoms with Gasteiger partial charge in [0.1, 0.15) is 6.04 Å². The molecule has 0 radical (unpaired) electrons. The van der Waals surface area contributed by atoms with Gasteiger partial charge in [0.25, 0.3) is 5.91 Å². The highest BCUT2D eigenvalue weighted by Gasteiger charge is 2.38. The molecule has 10 heteroatoms. The molecule has 2 aliphatic heterocycles. The van der Waals surface area contributed by atoms with E-state index in [1.165, 1.54) is 11.3 Å². The number of aromatic nitrogens is 1. The van der Waals surface area contributed by atoms with E-state index in [-0.39, 0.29) is 38.0 Å². The van der Waals surface area contributed by atoms with Crippen molar-refractivity contribution in [2.24, 2.45) is 0 Å². The zero-order chi connectivity index (χ0) is 19.7. The van der Waals surface area contributed by atoms with E-state index in [0.717, 1.165) is 15.3 Å². The van der Waals surface area contributed by atoms with Gasteiger partial charge in [-0.3, -0.25) is 14.5 Å². The molecule has 9 nitrogen and oxygen atoms in total. The van der Waals surface area contributed by atoms with Crippen molar-refractivity contribution < 1.29 is 23.9 Å². The molecule has 146 valence electrons. The molecule has 1 fully saturated rings. The lowest BCUT2D eigenvalue weighted by Gasteiger charge is -2.13. The van der Waals surface area contributed by atoms with E-state index in [2.05, 4.69) is 15.6 Å². The van der Waals surface area contributed by atoms with Gasteiger partial charge in [-0.15, -0.1) is 11.3 Å². The zero-order valence-electron chi connectivity index (χ0n) is 15.1. The number of anilines is 1. The first-order valence-corrected chi connectivity index (χ1v) is 9.54. The summed E-state index contributed by atoms with van der Waals surface area (Å²) in [7, 11) is 0. The summed E-state index contributed by atoms with van der Waals surface area (Å²) in [5.74, 6) is 0.640. The first-order chi connectivity index (χ1) is 13.5. The van der Waals surface area contributed by atoms with Crippen molar-refractivity contribution in [2.75, 3.05) is 12.1 Å². The average molecular weight is 402 g/mol. The monoisotopic (exact) mass is 402 g/mol. The molecule has 1 saturated heterocycles. The third-order valence-corrected chi connectivity index (χ3v) is 5.24. The number of carbonyl (C=O) groups excluding carboxylic acids is 3. The number of benzene rings is 1. The summed E-state index contributed by atoms with van der Waals surface area (Å²) in [4.78, 5) is 43.0. The Morgan fingerprint density at radius 3 is 2.96 bits per heavy atom. The second-order valence-corrected chi connectivity index (χ2v) is 7.71. The minimum Gasteiger partial charge on any atom is -0.454 e. The Balaban J connectivity index is 1.32. The van der Waals surface area contributed by atoms with Gasteiger partial charge in [-0.25, -0.2) is 9.78 Å². The lowest BCUT2D eigenvalue weighted by molar-refractivity contribution is -0.128. The molecule has 1 aromatic heterocycles. The van der Waals surface area contributed by atoms with Gasteiger partial charge in [0.2, 0.25) is 12.7 Å². The van der Waals surface area contributed by atoms with Crippen LogP contribution in [0.5, 0.6) is 11.5 Å². The maximum absolute atomic E-state index is 12.6. The molecule has 1 atom stereocenters. The summed E-state index contributed by atoms with van der Waals surface area (Å²) in [6, 6.07) is 4.09. The van der Waals surface area contributed by atoms with Gasteiger partial charge in [0, 0.05) is 17.5 Å². The van der Waals surface area contributed by atoms with Crippen LogP contribution >= 0.6 is 11.3 Å². The van der Waals surface area contributed by atoms with Gasteiger partial charge in [0.15, 0.2) is 16.6 Å². The van der Waals surface area contributed by atoms with Gasteiger partial charge < -0.3 is 20.1 Å². The van der Waals surface area contributed by atoms with Gasteiger partial charge in [-0.2, -0.15) is 0 Å². The second kappa shape index (κ2) is 7.47. The molecule has 2 aromatic rings. The number of urea groups is 1. The number of amides is 4. The van der Waals surface area contributed by atoms with Crippen molar-refractivity contribution in [3.8, 4) is 11.5 Å². The first-order valence-electron chi connectivity index (χ1n) is 8.72. The van der Waals surface area contributed by atoms with E-state index in [0.29, 0.717) is 16.6 Å². The largest absolute Gasteiger partial charge is 0.454 e. The van der Waals surface area contributed by atoms with Crippen molar-refractivity contribution >= 4 is 34.3 Å². The highest BCUT2D eigenvalue weighted by molar-refractivity contribution is 7.15. The van der Waals surface area contributed by atoms with Crippen molar-refractivity contribution in [2.45, 2.75) is 32.4 Å². The molecule has 1 aromatic carbocycles. The Morgan fingerprint density at radius 1 is 1.36 bits per heavy atom. The third-order valence-electron chi connectivity index (χ3n) is 4.41. The van der Waals surface area contributed by atoms with Crippen LogP contribution in [0.2, 0.25) is 0 Å². The van der Waals surface area contributed by atoms with Crippen molar-refractivity contribution in [3.63, 3.8) is 0 Å². The molecular formula is C18H18N4O5S. The molecular weight excluding hydrogens is 384 g/mol. The minimum absolute atomic E-state index is 0.104. The highest BCUT2D eigenvalue weighted by atomic mass is 32.1. The summed E-state index contributed by atoms with van der Waals surface area (Å²) in [5.41, 5.74) is 0.755. The third kappa shape index (κ3) is 3.77. The summed E-state index contributed by atoms with van der Waals surface area (Å²) >= 11 is 1.38. The van der Waals surface area contributed by atoms with Crippen LogP contribution in [-0.2, 0) is 16.1 Å². The normalized spacial score (nSPS) is 17.8. The lowest BCUT2D eigenvalue weighted by atomic mass is 10.1. The molecule has 3 heterocycles. The lowest BCUT2D eigenvalue weighted by Crippen LogP contribution is -2.31. The number of aryl methyl sites for hydroxylation is 1. The summed E-state index contributed by atoms with van der Waals surface area (Å²) < 4.78 is 10.6. The van der Waals surface area contributed by atoms with Gasteiger partial charge >= 0.3 is 6.03 Å². The van der Waals surface area contributed by atoms with Crippen LogP contribution in [0.15, 0.2) is 24.4 Å². The quantitative estimate of drug-likeness (QED) is 0.716. The molecule has 0 aliphatic carbocycles. The van der Waals surface area contributed by atoms with Crippen LogP contribution < -0.4 is 20.1 Å². The fourth-order valence-corrected chi connectivity index (χ4v) is 3.69. The highest BCUT2D eigenvalue weighted by Crippen LogP contribution is 2.33. The van der Waals surface area contributed by atoms with E-state index >= 15 is 0 Å². The summed E-state index contributed by atoms with van der Waals surface area (Å²) in [6.07, 6.45) is 2.00. The first kappa shape index (κ1) is 18.2. The SMILES string of the molecule is Cc1cnc(NC(=O)CC[C@@H]2NC(=O)N(Cc3ccc4c(c3)OCO4)C2=O)s1. The number of rotatable bonds is 6. The van der Waals surface area contributed by atoms with Crippen molar-refractivity contribution in [3.05, 3.63) is 34.8 Å². The van der Waals surface area contributed by atoms with E-state index < -0.39 is 12.1 Å². The summed E-state index contributed by atoms with van der Waals surface area (Å²) in [6.45, 7) is 2.18. The van der Waals surface area contributed by atoms with Gasteiger partial charge in [-0.05, 0) is 31.0 Å². The van der Waals surface area contributed by atoms with E-state index in [1.54, 1.807) is 24.4 Å². The minimum atomic E-state index is -0.717. The average Bonchev–Trinajstić information content (AvgIpc) is 3.36. The topological polar surface area (TPSA) is 110 Å². The molecule has 0 unspecified atom stereocenters. The number of imide groups is 1. The van der Waals surface area contributed by atoms with E-state index in [4.69, 9.17) is 9.47 Å². The number of fused-ring (bicyclic) bond motifs is 1. The number of hydrogen-bond donors (Lipinski definition) is 2. The van der Waals surface area contributed by atoms with Crippen molar-refractivity contribution in [1.82, 2.24) is 15.2 Å². The molecule has 4 amide bonds. The molecule has 2 N–H and O–H groups in total. The van der Waals surface area contributed by atoms with Crippen LogP contribution in [0, 0.1) is 6.92 Å². The Bertz CT molecular complexity index is 944. The molecule has 0 saturated carbocycles. The van der Waals surface area contributed by atoms with Gasteiger partial charge in [0.05, 0.1) is 6.54 Å². The smallest absolute Gasteiger partial charge is 0.325 e. The fourth-order valence-electron chi connectivity index (χ4n) is 3.01. The standard InChI is InChI=1S/C18H18N4O5S/c1-10-7-19-17(28-10)21-15(23)5-3-12-16(24)22(18(25)20-12)8-11-2-4-13-14(6-11)27-9-26-13/h2,4,6-7,12H,3,5,8-9H2,1H3,(H,20,25)(H,19,21,23)/t12-/m0/s1. The van der Waals surface area contributed by atoms with Crippen LogP contribution in [0.25, 0.3) is 0 Å². The number of carbonyl (C=O) groups is 3. The Labute approximate surface area is 164 Å². The zero-order valence-corrected chi connectivity index (χ0v) is 15.9. The molecule has 0 spiro atoms.